The van der Waals surface area contributed by atoms with Crippen molar-refractivity contribution in [1.82, 2.24) is 10.3 Å². The van der Waals surface area contributed by atoms with Crippen molar-refractivity contribution in [3.8, 4) is 5.75 Å². The third kappa shape index (κ3) is 3.90. The first-order valence-corrected chi connectivity index (χ1v) is 6.33. The van der Waals surface area contributed by atoms with Crippen molar-refractivity contribution in [3.63, 3.8) is 0 Å². The fourth-order valence-corrected chi connectivity index (χ4v) is 2.10. The maximum Gasteiger partial charge on any atom is 0.390 e. The monoisotopic (exact) mass is 286 g/mol. The standard InChI is InChI=1S/C14H17F3N2O/c1-9(7-14(15,16)17)18-8-11-5-10-6-12(20-2)3-4-13(10)19-11/h3-6,9,18-19H,7-8H2,1-2H3. The van der Waals surface area contributed by atoms with E-state index >= 15 is 0 Å². The molecule has 1 heterocycles. The molecule has 0 aliphatic rings. The third-order valence-corrected chi connectivity index (χ3v) is 3.06. The van der Waals surface area contributed by atoms with Gasteiger partial charge in [0.05, 0.1) is 13.5 Å². The molecule has 110 valence electrons. The number of alkyl halides is 3. The van der Waals surface area contributed by atoms with Crippen molar-refractivity contribution in [2.75, 3.05) is 7.11 Å². The predicted molar refractivity (Wildman–Crippen MR) is 71.8 cm³/mol. The van der Waals surface area contributed by atoms with Gasteiger partial charge in [0.15, 0.2) is 0 Å². The van der Waals surface area contributed by atoms with Crippen molar-refractivity contribution >= 4 is 10.9 Å². The van der Waals surface area contributed by atoms with Gasteiger partial charge < -0.3 is 15.0 Å². The Kier molecular flexibility index (Phi) is 4.23. The number of benzene rings is 1. The molecule has 2 rings (SSSR count). The van der Waals surface area contributed by atoms with Crippen LogP contribution in [0.5, 0.6) is 5.75 Å². The lowest BCUT2D eigenvalue weighted by molar-refractivity contribution is -0.139. The number of aromatic nitrogens is 1. The van der Waals surface area contributed by atoms with Crippen molar-refractivity contribution < 1.29 is 17.9 Å². The number of halogens is 3. The molecule has 6 heteroatoms. The number of aromatic amines is 1. The fourth-order valence-electron chi connectivity index (χ4n) is 2.10. The van der Waals surface area contributed by atoms with Crippen LogP contribution in [-0.2, 0) is 6.54 Å². The Bertz CT molecular complexity index is 577. The van der Waals surface area contributed by atoms with Gasteiger partial charge in [0, 0.05) is 29.2 Å². The van der Waals surface area contributed by atoms with E-state index in [1.54, 1.807) is 7.11 Å². The molecule has 0 fully saturated rings. The molecular weight excluding hydrogens is 269 g/mol. The molecule has 0 saturated heterocycles. The van der Waals surface area contributed by atoms with Crippen LogP contribution in [-0.4, -0.2) is 24.3 Å². The summed E-state index contributed by atoms with van der Waals surface area (Å²) in [6, 6.07) is 6.90. The Hall–Kier alpha value is -1.69. The van der Waals surface area contributed by atoms with Crippen LogP contribution in [0.25, 0.3) is 10.9 Å². The molecule has 0 aliphatic heterocycles. The second-order valence-electron chi connectivity index (χ2n) is 4.85. The molecule has 0 aliphatic carbocycles. The van der Waals surface area contributed by atoms with Crippen molar-refractivity contribution in [2.45, 2.75) is 32.1 Å². The maximum atomic E-state index is 12.2. The highest BCUT2D eigenvalue weighted by Gasteiger charge is 2.29. The zero-order chi connectivity index (χ0) is 14.8. The summed E-state index contributed by atoms with van der Waals surface area (Å²) < 4.78 is 41.8. The summed E-state index contributed by atoms with van der Waals surface area (Å²) in [6.07, 6.45) is -4.97. The lowest BCUT2D eigenvalue weighted by Crippen LogP contribution is -2.30. The van der Waals surface area contributed by atoms with Gasteiger partial charge in [-0.2, -0.15) is 13.2 Å². The largest absolute Gasteiger partial charge is 0.497 e. The average molecular weight is 286 g/mol. The van der Waals surface area contributed by atoms with E-state index in [0.717, 1.165) is 22.3 Å². The summed E-state index contributed by atoms with van der Waals surface area (Å²) in [5.74, 6) is 0.751. The maximum absolute atomic E-state index is 12.2. The van der Waals surface area contributed by atoms with Gasteiger partial charge in [-0.1, -0.05) is 0 Å². The lowest BCUT2D eigenvalue weighted by Gasteiger charge is -2.15. The Balaban J connectivity index is 2.00. The van der Waals surface area contributed by atoms with Gasteiger partial charge in [0.25, 0.3) is 0 Å². The Morgan fingerprint density at radius 3 is 2.70 bits per heavy atom. The quantitative estimate of drug-likeness (QED) is 0.881. The third-order valence-electron chi connectivity index (χ3n) is 3.06. The minimum atomic E-state index is -4.14. The molecular formula is C14H17F3N2O. The van der Waals surface area contributed by atoms with E-state index in [0.29, 0.717) is 6.54 Å². The zero-order valence-electron chi connectivity index (χ0n) is 11.3. The van der Waals surface area contributed by atoms with Crippen molar-refractivity contribution in [3.05, 3.63) is 30.0 Å². The van der Waals surface area contributed by atoms with Gasteiger partial charge in [0.2, 0.25) is 0 Å². The first-order chi connectivity index (χ1) is 9.37. The average Bonchev–Trinajstić information content (AvgIpc) is 2.75. The van der Waals surface area contributed by atoms with Gasteiger partial charge in [-0.3, -0.25) is 0 Å². The summed E-state index contributed by atoms with van der Waals surface area (Å²) in [4.78, 5) is 3.17. The van der Waals surface area contributed by atoms with E-state index in [4.69, 9.17) is 4.74 Å². The molecule has 2 aromatic rings. The number of ether oxygens (including phenoxy) is 1. The first kappa shape index (κ1) is 14.7. The number of methoxy groups -OCH3 is 1. The number of nitrogens with one attached hydrogen (secondary N) is 2. The summed E-state index contributed by atoms with van der Waals surface area (Å²) in [5, 5.41) is 3.84. The second kappa shape index (κ2) is 5.75. The van der Waals surface area contributed by atoms with E-state index in [1.807, 2.05) is 24.3 Å². The van der Waals surface area contributed by atoms with E-state index < -0.39 is 18.6 Å². The van der Waals surface area contributed by atoms with Crippen LogP contribution in [0.1, 0.15) is 19.0 Å². The Morgan fingerprint density at radius 2 is 2.05 bits per heavy atom. The molecule has 1 aromatic heterocycles. The van der Waals surface area contributed by atoms with E-state index in [1.165, 1.54) is 6.92 Å². The van der Waals surface area contributed by atoms with Crippen LogP contribution >= 0.6 is 0 Å². The lowest BCUT2D eigenvalue weighted by atomic mass is 10.2. The molecule has 0 radical (unpaired) electrons. The highest BCUT2D eigenvalue weighted by Crippen LogP contribution is 2.23. The predicted octanol–water partition coefficient (Wildman–Crippen LogP) is 3.61. The summed E-state index contributed by atoms with van der Waals surface area (Å²) in [7, 11) is 1.59. The van der Waals surface area contributed by atoms with E-state index in [9.17, 15) is 13.2 Å². The normalized spacial score (nSPS) is 13.7. The summed E-state index contributed by atoms with van der Waals surface area (Å²) >= 11 is 0. The molecule has 1 unspecified atom stereocenters. The Morgan fingerprint density at radius 1 is 1.30 bits per heavy atom. The molecule has 3 nitrogen and oxygen atoms in total. The molecule has 20 heavy (non-hydrogen) atoms. The molecule has 0 bridgehead atoms. The van der Waals surface area contributed by atoms with E-state index in [2.05, 4.69) is 10.3 Å². The minimum Gasteiger partial charge on any atom is -0.497 e. The van der Waals surface area contributed by atoms with Crippen LogP contribution in [0.2, 0.25) is 0 Å². The van der Waals surface area contributed by atoms with Crippen LogP contribution in [0.3, 0.4) is 0 Å². The van der Waals surface area contributed by atoms with Gasteiger partial charge in [-0.05, 0) is 31.2 Å². The first-order valence-electron chi connectivity index (χ1n) is 6.33. The van der Waals surface area contributed by atoms with Crippen molar-refractivity contribution in [1.29, 1.82) is 0 Å². The molecule has 0 amide bonds. The molecule has 0 saturated carbocycles. The number of rotatable bonds is 5. The molecule has 1 atom stereocenters. The van der Waals surface area contributed by atoms with Gasteiger partial charge in [-0.15, -0.1) is 0 Å². The highest BCUT2D eigenvalue weighted by atomic mass is 19.4. The van der Waals surface area contributed by atoms with Crippen molar-refractivity contribution in [2.24, 2.45) is 0 Å². The van der Waals surface area contributed by atoms with Gasteiger partial charge in [-0.25, -0.2) is 0 Å². The number of hydrogen-bond donors (Lipinski definition) is 2. The smallest absolute Gasteiger partial charge is 0.390 e. The Labute approximate surface area is 115 Å². The number of hydrogen-bond acceptors (Lipinski definition) is 2. The van der Waals surface area contributed by atoms with Crippen LogP contribution < -0.4 is 10.1 Å². The van der Waals surface area contributed by atoms with E-state index in [-0.39, 0.29) is 0 Å². The molecule has 1 aromatic carbocycles. The fraction of sp³-hybridized carbons (Fsp3) is 0.429. The summed E-state index contributed by atoms with van der Waals surface area (Å²) in [6.45, 7) is 1.90. The molecule has 0 spiro atoms. The molecule has 2 N–H and O–H groups in total. The number of H-pyrrole nitrogens is 1. The van der Waals surface area contributed by atoms with Crippen LogP contribution in [0, 0.1) is 0 Å². The highest BCUT2D eigenvalue weighted by molar-refractivity contribution is 5.81. The minimum absolute atomic E-state index is 0.369. The van der Waals surface area contributed by atoms with Gasteiger partial charge >= 0.3 is 6.18 Å². The number of fused-ring (bicyclic) bond motifs is 1. The second-order valence-corrected chi connectivity index (χ2v) is 4.85. The zero-order valence-corrected chi connectivity index (χ0v) is 11.3. The summed E-state index contributed by atoms with van der Waals surface area (Å²) in [5.41, 5.74) is 1.79. The van der Waals surface area contributed by atoms with Gasteiger partial charge in [0.1, 0.15) is 5.75 Å². The SMILES string of the molecule is COc1ccc2[nH]c(CNC(C)CC(F)(F)F)cc2c1. The van der Waals surface area contributed by atoms with Crippen LogP contribution in [0.4, 0.5) is 13.2 Å². The van der Waals surface area contributed by atoms with Crippen LogP contribution in [0.15, 0.2) is 24.3 Å². The topological polar surface area (TPSA) is 37.0 Å².